The zero-order valence-corrected chi connectivity index (χ0v) is 9.70. The van der Waals surface area contributed by atoms with Crippen LogP contribution in [0, 0.1) is 0 Å². The molecule has 0 spiro atoms. The molecule has 3 nitrogen and oxygen atoms in total. The molecule has 2 N–H and O–H groups in total. The van der Waals surface area contributed by atoms with Crippen LogP contribution >= 0.6 is 15.9 Å². The van der Waals surface area contributed by atoms with Gasteiger partial charge in [-0.15, -0.1) is 0 Å². The van der Waals surface area contributed by atoms with E-state index in [-0.39, 0.29) is 0 Å². The van der Waals surface area contributed by atoms with E-state index in [0.717, 1.165) is 21.5 Å². The average molecular weight is 267 g/mol. The van der Waals surface area contributed by atoms with E-state index in [1.54, 1.807) is 0 Å². The van der Waals surface area contributed by atoms with Crippen LogP contribution in [0.4, 0.5) is 0 Å². The number of nitrogens with two attached hydrogens (primary N) is 1. The van der Waals surface area contributed by atoms with Crippen molar-refractivity contribution in [1.82, 2.24) is 4.98 Å². The summed E-state index contributed by atoms with van der Waals surface area (Å²) in [7, 11) is 0. The van der Waals surface area contributed by atoms with Gasteiger partial charge in [0.15, 0.2) is 6.39 Å². The minimum Gasteiger partial charge on any atom is -0.448 e. The SMILES string of the molecule is NCCc1ocnc1-c1ccc(Br)cc1. The maximum atomic E-state index is 5.50. The summed E-state index contributed by atoms with van der Waals surface area (Å²) in [5.41, 5.74) is 7.43. The average Bonchev–Trinajstić information content (AvgIpc) is 2.68. The fourth-order valence-corrected chi connectivity index (χ4v) is 1.69. The zero-order valence-electron chi connectivity index (χ0n) is 8.11. The molecular formula is C11H11BrN2O. The van der Waals surface area contributed by atoms with E-state index in [4.69, 9.17) is 10.2 Å². The van der Waals surface area contributed by atoms with Gasteiger partial charge in [0.25, 0.3) is 0 Å². The molecule has 78 valence electrons. The lowest BCUT2D eigenvalue weighted by atomic mass is 10.1. The van der Waals surface area contributed by atoms with E-state index in [9.17, 15) is 0 Å². The topological polar surface area (TPSA) is 52.0 Å². The van der Waals surface area contributed by atoms with Gasteiger partial charge in [-0.25, -0.2) is 4.98 Å². The van der Waals surface area contributed by atoms with E-state index in [1.165, 1.54) is 6.39 Å². The van der Waals surface area contributed by atoms with E-state index in [0.29, 0.717) is 13.0 Å². The second kappa shape index (κ2) is 4.59. The minimum absolute atomic E-state index is 0.568. The van der Waals surface area contributed by atoms with Crippen molar-refractivity contribution in [2.24, 2.45) is 5.73 Å². The first kappa shape index (κ1) is 10.4. The summed E-state index contributed by atoms with van der Waals surface area (Å²) in [6.07, 6.45) is 2.17. The number of halogens is 1. The molecular weight excluding hydrogens is 256 g/mol. The third-order valence-electron chi connectivity index (χ3n) is 2.13. The summed E-state index contributed by atoms with van der Waals surface area (Å²) in [6.45, 7) is 0.568. The molecule has 0 unspecified atom stereocenters. The number of nitrogens with zero attached hydrogens (tertiary/aromatic N) is 1. The Kier molecular flexibility index (Phi) is 3.18. The number of oxazole rings is 1. The molecule has 1 aromatic carbocycles. The molecule has 2 aromatic rings. The molecule has 0 atom stereocenters. The van der Waals surface area contributed by atoms with Crippen molar-refractivity contribution < 1.29 is 4.42 Å². The molecule has 4 heteroatoms. The third kappa shape index (κ3) is 2.27. The molecule has 0 radical (unpaired) electrons. The van der Waals surface area contributed by atoms with Crippen LogP contribution < -0.4 is 5.73 Å². The predicted molar refractivity (Wildman–Crippen MR) is 62.4 cm³/mol. The quantitative estimate of drug-likeness (QED) is 0.929. The molecule has 0 amide bonds. The highest BCUT2D eigenvalue weighted by atomic mass is 79.9. The third-order valence-corrected chi connectivity index (χ3v) is 2.66. The Labute approximate surface area is 96.4 Å². The van der Waals surface area contributed by atoms with E-state index >= 15 is 0 Å². The summed E-state index contributed by atoms with van der Waals surface area (Å²) in [5, 5.41) is 0. The van der Waals surface area contributed by atoms with Crippen molar-refractivity contribution in [2.75, 3.05) is 6.54 Å². The summed E-state index contributed by atoms with van der Waals surface area (Å²) in [5.74, 6) is 0.847. The van der Waals surface area contributed by atoms with Crippen LogP contribution in [0.15, 0.2) is 39.5 Å². The molecule has 0 aliphatic carbocycles. The van der Waals surface area contributed by atoms with Crippen molar-refractivity contribution in [3.05, 3.63) is 40.9 Å². The number of benzene rings is 1. The Balaban J connectivity index is 2.36. The van der Waals surface area contributed by atoms with Crippen molar-refractivity contribution in [3.63, 3.8) is 0 Å². The lowest BCUT2D eigenvalue weighted by Crippen LogP contribution is -2.02. The van der Waals surface area contributed by atoms with Crippen LogP contribution in [0.2, 0.25) is 0 Å². The number of hydrogen-bond acceptors (Lipinski definition) is 3. The van der Waals surface area contributed by atoms with Crippen LogP contribution in [-0.4, -0.2) is 11.5 Å². The zero-order chi connectivity index (χ0) is 10.7. The lowest BCUT2D eigenvalue weighted by Gasteiger charge is -1.99. The smallest absolute Gasteiger partial charge is 0.181 e. The number of aromatic nitrogens is 1. The van der Waals surface area contributed by atoms with Gasteiger partial charge >= 0.3 is 0 Å². The normalized spacial score (nSPS) is 10.5. The summed E-state index contributed by atoms with van der Waals surface area (Å²) in [4.78, 5) is 4.20. The predicted octanol–water partition coefficient (Wildman–Crippen LogP) is 2.61. The molecule has 1 heterocycles. The van der Waals surface area contributed by atoms with Crippen molar-refractivity contribution in [2.45, 2.75) is 6.42 Å². The molecule has 0 saturated carbocycles. The van der Waals surface area contributed by atoms with E-state index in [1.807, 2.05) is 24.3 Å². The van der Waals surface area contributed by atoms with Crippen LogP contribution in [0.3, 0.4) is 0 Å². The van der Waals surface area contributed by atoms with Gasteiger partial charge in [0.2, 0.25) is 0 Å². The second-order valence-electron chi connectivity index (χ2n) is 3.17. The highest BCUT2D eigenvalue weighted by molar-refractivity contribution is 9.10. The van der Waals surface area contributed by atoms with Crippen molar-refractivity contribution in [3.8, 4) is 11.3 Å². The minimum atomic E-state index is 0.568. The van der Waals surface area contributed by atoms with Crippen molar-refractivity contribution in [1.29, 1.82) is 0 Å². The Morgan fingerprint density at radius 2 is 2.00 bits per heavy atom. The van der Waals surface area contributed by atoms with Gasteiger partial charge in [-0.2, -0.15) is 0 Å². The van der Waals surface area contributed by atoms with Crippen LogP contribution in [0.25, 0.3) is 11.3 Å². The van der Waals surface area contributed by atoms with Crippen LogP contribution in [0.1, 0.15) is 5.76 Å². The molecule has 0 aliphatic heterocycles. The monoisotopic (exact) mass is 266 g/mol. The highest BCUT2D eigenvalue weighted by Gasteiger charge is 2.09. The maximum absolute atomic E-state index is 5.50. The van der Waals surface area contributed by atoms with Gasteiger partial charge in [0, 0.05) is 16.5 Å². The molecule has 0 fully saturated rings. The number of rotatable bonds is 3. The molecule has 0 saturated heterocycles. The van der Waals surface area contributed by atoms with Crippen LogP contribution in [-0.2, 0) is 6.42 Å². The first-order valence-electron chi connectivity index (χ1n) is 4.69. The first-order valence-corrected chi connectivity index (χ1v) is 5.49. The first-order chi connectivity index (χ1) is 7.31. The van der Waals surface area contributed by atoms with Gasteiger partial charge in [0.05, 0.1) is 0 Å². The summed E-state index contributed by atoms with van der Waals surface area (Å²) < 4.78 is 6.34. The second-order valence-corrected chi connectivity index (χ2v) is 4.09. The number of hydrogen-bond donors (Lipinski definition) is 1. The Hall–Kier alpha value is -1.13. The largest absolute Gasteiger partial charge is 0.448 e. The van der Waals surface area contributed by atoms with Gasteiger partial charge in [-0.1, -0.05) is 28.1 Å². The van der Waals surface area contributed by atoms with E-state index < -0.39 is 0 Å². The van der Waals surface area contributed by atoms with Crippen molar-refractivity contribution >= 4 is 15.9 Å². The standard InChI is InChI=1S/C11H11BrN2O/c12-9-3-1-8(2-4-9)11-10(5-6-13)15-7-14-11/h1-4,7H,5-6,13H2. The summed E-state index contributed by atoms with van der Waals surface area (Å²) in [6, 6.07) is 7.97. The maximum Gasteiger partial charge on any atom is 0.181 e. The Bertz CT molecular complexity index is 436. The molecule has 0 aliphatic rings. The van der Waals surface area contributed by atoms with Crippen LogP contribution in [0.5, 0.6) is 0 Å². The van der Waals surface area contributed by atoms with E-state index in [2.05, 4.69) is 20.9 Å². The molecule has 1 aromatic heterocycles. The molecule has 2 rings (SSSR count). The molecule has 0 bridgehead atoms. The highest BCUT2D eigenvalue weighted by Crippen LogP contribution is 2.23. The van der Waals surface area contributed by atoms with Gasteiger partial charge < -0.3 is 10.2 Å². The fraction of sp³-hybridized carbons (Fsp3) is 0.182. The van der Waals surface area contributed by atoms with Gasteiger partial charge in [-0.3, -0.25) is 0 Å². The molecule has 15 heavy (non-hydrogen) atoms. The Morgan fingerprint density at radius 3 is 2.67 bits per heavy atom. The fourth-order valence-electron chi connectivity index (χ4n) is 1.42. The van der Waals surface area contributed by atoms with Gasteiger partial charge in [0.1, 0.15) is 11.5 Å². The Morgan fingerprint density at radius 1 is 1.27 bits per heavy atom. The van der Waals surface area contributed by atoms with Gasteiger partial charge in [-0.05, 0) is 18.7 Å². The summed E-state index contributed by atoms with van der Waals surface area (Å²) >= 11 is 3.39. The lowest BCUT2D eigenvalue weighted by molar-refractivity contribution is 0.506.